The summed E-state index contributed by atoms with van der Waals surface area (Å²) in [6.45, 7) is 1.59. The molecule has 1 heterocycles. The molecular weight excluding hydrogens is 389 g/mol. The number of amides is 1. The summed E-state index contributed by atoms with van der Waals surface area (Å²) in [5.74, 6) is 0.237. The van der Waals surface area contributed by atoms with Crippen molar-refractivity contribution in [2.75, 3.05) is 50.2 Å². The Hall–Kier alpha value is -2.94. The standard InChI is InChI=1S/C20H21F3N2O4/c1-27-17-4-2-3-5-18(17)29-13-19(26)24-15-12-14(20(21,22)23)6-7-16(15)25-8-10-28-11-9-25/h2-7,12H,8-11,13H2,1H3,(H,24,26). The second-order valence-electron chi connectivity index (χ2n) is 6.32. The molecule has 0 saturated carbocycles. The van der Waals surface area contributed by atoms with Gasteiger partial charge in [-0.25, -0.2) is 0 Å². The molecule has 1 aliphatic heterocycles. The van der Waals surface area contributed by atoms with Crippen LogP contribution in [0.2, 0.25) is 0 Å². The molecule has 0 bridgehead atoms. The zero-order valence-electron chi connectivity index (χ0n) is 15.8. The summed E-state index contributed by atoms with van der Waals surface area (Å²) >= 11 is 0. The summed E-state index contributed by atoms with van der Waals surface area (Å²) < 4.78 is 55.3. The molecule has 1 saturated heterocycles. The highest BCUT2D eigenvalue weighted by Gasteiger charge is 2.32. The summed E-state index contributed by atoms with van der Waals surface area (Å²) in [4.78, 5) is 14.3. The highest BCUT2D eigenvalue weighted by atomic mass is 19.4. The topological polar surface area (TPSA) is 60.0 Å². The maximum absolute atomic E-state index is 13.1. The lowest BCUT2D eigenvalue weighted by molar-refractivity contribution is -0.137. The van der Waals surface area contributed by atoms with Gasteiger partial charge in [-0.1, -0.05) is 12.1 Å². The SMILES string of the molecule is COc1ccccc1OCC(=O)Nc1cc(C(F)(F)F)ccc1N1CCOCC1. The number of carbonyl (C=O) groups excluding carboxylic acids is 1. The molecule has 9 heteroatoms. The van der Waals surface area contributed by atoms with Crippen molar-refractivity contribution in [1.29, 1.82) is 0 Å². The van der Waals surface area contributed by atoms with Gasteiger partial charge in [0.25, 0.3) is 5.91 Å². The number of alkyl halides is 3. The molecule has 156 valence electrons. The maximum atomic E-state index is 13.1. The molecule has 3 rings (SSSR count). The Balaban J connectivity index is 1.77. The minimum atomic E-state index is -4.52. The summed E-state index contributed by atoms with van der Waals surface area (Å²) in [5.41, 5.74) is -0.252. The van der Waals surface area contributed by atoms with Gasteiger partial charge in [0, 0.05) is 13.1 Å². The van der Waals surface area contributed by atoms with Crippen molar-refractivity contribution in [3.63, 3.8) is 0 Å². The third-order valence-corrected chi connectivity index (χ3v) is 4.38. The van der Waals surface area contributed by atoms with E-state index in [1.54, 1.807) is 24.3 Å². The van der Waals surface area contributed by atoms with Gasteiger partial charge in [-0.15, -0.1) is 0 Å². The zero-order valence-corrected chi connectivity index (χ0v) is 15.8. The van der Waals surface area contributed by atoms with Crippen molar-refractivity contribution >= 4 is 17.3 Å². The average molecular weight is 410 g/mol. The minimum Gasteiger partial charge on any atom is -0.493 e. The predicted molar refractivity (Wildman–Crippen MR) is 102 cm³/mol. The van der Waals surface area contributed by atoms with E-state index >= 15 is 0 Å². The van der Waals surface area contributed by atoms with E-state index in [2.05, 4.69) is 5.32 Å². The third-order valence-electron chi connectivity index (χ3n) is 4.38. The lowest BCUT2D eigenvalue weighted by Gasteiger charge is -2.31. The summed E-state index contributed by atoms with van der Waals surface area (Å²) in [5, 5.41) is 2.54. The number of methoxy groups -OCH3 is 1. The van der Waals surface area contributed by atoms with Crippen molar-refractivity contribution in [3.05, 3.63) is 48.0 Å². The molecule has 0 spiro atoms. The van der Waals surface area contributed by atoms with E-state index in [0.717, 1.165) is 12.1 Å². The lowest BCUT2D eigenvalue weighted by atomic mass is 10.1. The van der Waals surface area contributed by atoms with Gasteiger partial charge in [0.05, 0.1) is 37.3 Å². The van der Waals surface area contributed by atoms with Gasteiger partial charge < -0.3 is 24.4 Å². The van der Waals surface area contributed by atoms with Gasteiger partial charge in [-0.05, 0) is 30.3 Å². The van der Waals surface area contributed by atoms with E-state index in [9.17, 15) is 18.0 Å². The van der Waals surface area contributed by atoms with Crippen LogP contribution in [0.1, 0.15) is 5.56 Å². The van der Waals surface area contributed by atoms with Crippen molar-refractivity contribution in [3.8, 4) is 11.5 Å². The molecule has 6 nitrogen and oxygen atoms in total. The van der Waals surface area contributed by atoms with Crippen LogP contribution in [0.3, 0.4) is 0 Å². The Labute approximate surface area is 166 Å². The van der Waals surface area contributed by atoms with Crippen LogP contribution in [0.25, 0.3) is 0 Å². The number of carbonyl (C=O) groups is 1. The average Bonchev–Trinajstić information content (AvgIpc) is 2.72. The van der Waals surface area contributed by atoms with E-state index in [1.165, 1.54) is 13.2 Å². The summed E-state index contributed by atoms with van der Waals surface area (Å²) in [7, 11) is 1.47. The molecule has 0 radical (unpaired) electrons. The first-order valence-corrected chi connectivity index (χ1v) is 8.98. The zero-order chi connectivity index (χ0) is 20.9. The predicted octanol–water partition coefficient (Wildman–Crippen LogP) is 3.57. The van der Waals surface area contributed by atoms with Gasteiger partial charge in [-0.2, -0.15) is 13.2 Å². The number of hydrogen-bond acceptors (Lipinski definition) is 5. The van der Waals surface area contributed by atoms with Crippen LogP contribution < -0.4 is 19.7 Å². The number of para-hydroxylation sites is 2. The fourth-order valence-electron chi connectivity index (χ4n) is 2.96. The first kappa shape index (κ1) is 20.8. The van der Waals surface area contributed by atoms with Gasteiger partial charge in [0.2, 0.25) is 0 Å². The molecule has 2 aromatic rings. The van der Waals surface area contributed by atoms with E-state index < -0.39 is 17.6 Å². The van der Waals surface area contributed by atoms with Crippen LogP contribution in [0, 0.1) is 0 Å². The Bertz CT molecular complexity index is 852. The first-order chi connectivity index (χ1) is 13.9. The lowest BCUT2D eigenvalue weighted by Crippen LogP contribution is -2.37. The van der Waals surface area contributed by atoms with Crippen molar-refractivity contribution in [2.24, 2.45) is 0 Å². The summed E-state index contributed by atoms with van der Waals surface area (Å²) in [6.07, 6.45) is -4.52. The van der Waals surface area contributed by atoms with Crippen molar-refractivity contribution < 1.29 is 32.2 Å². The molecule has 29 heavy (non-hydrogen) atoms. The first-order valence-electron chi connectivity index (χ1n) is 8.98. The van der Waals surface area contributed by atoms with Gasteiger partial charge in [-0.3, -0.25) is 4.79 Å². The second kappa shape index (κ2) is 9.04. The van der Waals surface area contributed by atoms with Crippen LogP contribution in [0.4, 0.5) is 24.5 Å². The number of morpholine rings is 1. The molecule has 0 aliphatic carbocycles. The fraction of sp³-hybridized carbons (Fsp3) is 0.350. The molecule has 0 atom stereocenters. The molecule has 1 amide bonds. The molecule has 1 N–H and O–H groups in total. The monoisotopic (exact) mass is 410 g/mol. The molecule has 0 aromatic heterocycles. The van der Waals surface area contributed by atoms with Crippen molar-refractivity contribution in [1.82, 2.24) is 0 Å². The van der Waals surface area contributed by atoms with Crippen LogP contribution >= 0.6 is 0 Å². The second-order valence-corrected chi connectivity index (χ2v) is 6.32. The van der Waals surface area contributed by atoms with E-state index in [-0.39, 0.29) is 12.3 Å². The Morgan fingerprint density at radius 1 is 1.14 bits per heavy atom. The smallest absolute Gasteiger partial charge is 0.416 e. The highest BCUT2D eigenvalue weighted by Crippen LogP contribution is 2.36. The number of nitrogens with zero attached hydrogens (tertiary/aromatic N) is 1. The number of nitrogens with one attached hydrogen (secondary N) is 1. The Kier molecular flexibility index (Phi) is 6.48. The number of hydrogen-bond donors (Lipinski definition) is 1. The van der Waals surface area contributed by atoms with Gasteiger partial charge in [0.15, 0.2) is 18.1 Å². The largest absolute Gasteiger partial charge is 0.493 e. The minimum absolute atomic E-state index is 0.0790. The quantitative estimate of drug-likeness (QED) is 0.789. The number of ether oxygens (including phenoxy) is 3. The number of benzene rings is 2. The molecule has 1 fully saturated rings. The van der Waals surface area contributed by atoms with E-state index in [4.69, 9.17) is 14.2 Å². The number of halogens is 3. The van der Waals surface area contributed by atoms with Crippen LogP contribution in [0.15, 0.2) is 42.5 Å². The molecule has 2 aromatic carbocycles. The number of anilines is 2. The van der Waals surface area contributed by atoms with Gasteiger partial charge in [0.1, 0.15) is 0 Å². The number of rotatable bonds is 6. The highest BCUT2D eigenvalue weighted by molar-refractivity contribution is 5.95. The van der Waals surface area contributed by atoms with Gasteiger partial charge >= 0.3 is 6.18 Å². The van der Waals surface area contributed by atoms with Crippen molar-refractivity contribution in [2.45, 2.75) is 6.18 Å². The van der Waals surface area contributed by atoms with E-state index in [0.29, 0.717) is 43.5 Å². The molecule has 1 aliphatic rings. The van der Waals surface area contributed by atoms with Crippen LogP contribution in [-0.2, 0) is 15.7 Å². The Morgan fingerprint density at radius 3 is 2.48 bits per heavy atom. The normalized spacial score (nSPS) is 14.4. The molecular formula is C20H21F3N2O4. The Morgan fingerprint density at radius 2 is 1.83 bits per heavy atom. The third kappa shape index (κ3) is 5.32. The van der Waals surface area contributed by atoms with E-state index in [1.807, 2.05) is 4.90 Å². The summed E-state index contributed by atoms with van der Waals surface area (Å²) in [6, 6.07) is 10.1. The maximum Gasteiger partial charge on any atom is 0.416 e. The fourth-order valence-corrected chi connectivity index (χ4v) is 2.96. The van der Waals surface area contributed by atoms with Crippen LogP contribution in [-0.4, -0.2) is 45.9 Å². The van der Waals surface area contributed by atoms with Crippen LogP contribution in [0.5, 0.6) is 11.5 Å². The molecule has 0 unspecified atom stereocenters.